The maximum atomic E-state index is 11.9. The topological polar surface area (TPSA) is 37.3 Å². The Kier molecular flexibility index (Phi) is 4.50. The summed E-state index contributed by atoms with van der Waals surface area (Å²) in [5, 5.41) is 9.72. The number of allylic oxidation sites excluding steroid dienone is 2. The lowest BCUT2D eigenvalue weighted by Gasteiger charge is -2.11. The van der Waals surface area contributed by atoms with Crippen molar-refractivity contribution in [1.29, 1.82) is 0 Å². The molecular weight excluding hydrogens is 212 g/mol. The Morgan fingerprint density at radius 1 is 1.41 bits per heavy atom. The van der Waals surface area contributed by atoms with Gasteiger partial charge in [0.05, 0.1) is 5.56 Å². The van der Waals surface area contributed by atoms with Gasteiger partial charge in [-0.3, -0.25) is 4.79 Å². The summed E-state index contributed by atoms with van der Waals surface area (Å²) in [7, 11) is 0. The van der Waals surface area contributed by atoms with Crippen molar-refractivity contribution in [3.05, 3.63) is 41.0 Å². The molecule has 0 saturated carbocycles. The van der Waals surface area contributed by atoms with Crippen LogP contribution in [-0.2, 0) is 0 Å². The Balaban J connectivity index is 3.15. The highest BCUT2D eigenvalue weighted by Gasteiger charge is 2.12. The minimum absolute atomic E-state index is 0.0551. The lowest BCUT2D eigenvalue weighted by Crippen LogP contribution is -1.99. The maximum Gasteiger partial charge on any atom is 0.189 e. The number of hydrogen-bond acceptors (Lipinski definition) is 2. The summed E-state index contributed by atoms with van der Waals surface area (Å²) in [6.07, 6.45) is 2.57. The Bertz CT molecular complexity index is 440. The van der Waals surface area contributed by atoms with Crippen LogP contribution in [0.2, 0.25) is 0 Å². The molecule has 1 unspecified atom stereocenters. The van der Waals surface area contributed by atoms with E-state index in [4.69, 9.17) is 0 Å². The number of aromatic hydroxyl groups is 1. The van der Waals surface area contributed by atoms with Gasteiger partial charge in [0.2, 0.25) is 0 Å². The van der Waals surface area contributed by atoms with Gasteiger partial charge in [0.25, 0.3) is 0 Å². The number of phenols is 1. The zero-order valence-corrected chi connectivity index (χ0v) is 10.9. The molecule has 0 fully saturated rings. The number of benzene rings is 1. The molecule has 0 aromatic heterocycles. The first-order valence-electron chi connectivity index (χ1n) is 5.97. The zero-order valence-electron chi connectivity index (χ0n) is 10.9. The average Bonchev–Trinajstić information content (AvgIpc) is 2.27. The summed E-state index contributed by atoms with van der Waals surface area (Å²) >= 11 is 0. The van der Waals surface area contributed by atoms with Crippen molar-refractivity contribution in [2.24, 2.45) is 0 Å². The van der Waals surface area contributed by atoms with Crippen LogP contribution in [0.15, 0.2) is 29.8 Å². The maximum absolute atomic E-state index is 11.9. The fraction of sp³-hybridized carbons (Fsp3) is 0.400. The third-order valence-electron chi connectivity index (χ3n) is 2.89. The predicted octanol–water partition coefficient (Wildman–Crippen LogP) is 4.05. The SMILES string of the molecule is CCC(C)c1ccc(O)c(C(=O)C=C(C)C)c1. The molecule has 92 valence electrons. The summed E-state index contributed by atoms with van der Waals surface area (Å²) in [5.41, 5.74) is 2.42. The van der Waals surface area contributed by atoms with Gasteiger partial charge in [-0.1, -0.05) is 25.5 Å². The van der Waals surface area contributed by atoms with E-state index >= 15 is 0 Å². The van der Waals surface area contributed by atoms with E-state index in [9.17, 15) is 9.90 Å². The van der Waals surface area contributed by atoms with Crippen LogP contribution in [0.25, 0.3) is 0 Å². The Hall–Kier alpha value is -1.57. The van der Waals surface area contributed by atoms with E-state index in [0.717, 1.165) is 17.6 Å². The van der Waals surface area contributed by atoms with Crippen LogP contribution in [0.5, 0.6) is 5.75 Å². The first kappa shape index (κ1) is 13.5. The summed E-state index contributed by atoms with van der Waals surface area (Å²) in [6, 6.07) is 5.28. The number of rotatable bonds is 4. The van der Waals surface area contributed by atoms with E-state index in [1.54, 1.807) is 18.2 Å². The van der Waals surface area contributed by atoms with Crippen molar-refractivity contribution in [2.45, 2.75) is 40.0 Å². The van der Waals surface area contributed by atoms with E-state index in [0.29, 0.717) is 11.5 Å². The molecule has 17 heavy (non-hydrogen) atoms. The molecule has 0 aliphatic rings. The lowest BCUT2D eigenvalue weighted by molar-refractivity contribution is 0.104. The molecule has 1 rings (SSSR count). The Labute approximate surface area is 103 Å². The molecule has 1 aromatic carbocycles. The molecular formula is C15H20O2. The van der Waals surface area contributed by atoms with E-state index < -0.39 is 0 Å². The molecule has 0 aliphatic heterocycles. The highest BCUT2D eigenvalue weighted by Crippen LogP contribution is 2.25. The first-order chi connectivity index (χ1) is 7.95. The largest absolute Gasteiger partial charge is 0.507 e. The van der Waals surface area contributed by atoms with Gasteiger partial charge in [-0.25, -0.2) is 0 Å². The molecule has 1 N–H and O–H groups in total. The lowest BCUT2D eigenvalue weighted by atomic mass is 9.95. The van der Waals surface area contributed by atoms with Gasteiger partial charge in [-0.2, -0.15) is 0 Å². The molecule has 1 aromatic rings. The van der Waals surface area contributed by atoms with Crippen molar-refractivity contribution in [3.63, 3.8) is 0 Å². The predicted molar refractivity (Wildman–Crippen MR) is 70.6 cm³/mol. The second-order valence-electron chi connectivity index (χ2n) is 4.67. The van der Waals surface area contributed by atoms with Gasteiger partial charge in [-0.05, 0) is 50.0 Å². The van der Waals surface area contributed by atoms with E-state index in [2.05, 4.69) is 13.8 Å². The van der Waals surface area contributed by atoms with Crippen LogP contribution in [0.1, 0.15) is 56.0 Å². The third kappa shape index (κ3) is 3.45. The molecule has 0 aliphatic carbocycles. The molecule has 0 amide bonds. The fourth-order valence-electron chi connectivity index (χ4n) is 1.63. The molecule has 0 heterocycles. The second kappa shape index (κ2) is 5.67. The minimum atomic E-state index is -0.132. The summed E-state index contributed by atoms with van der Waals surface area (Å²) in [5.74, 6) is 0.320. The number of carbonyl (C=O) groups is 1. The summed E-state index contributed by atoms with van der Waals surface area (Å²) < 4.78 is 0. The molecule has 0 spiro atoms. The van der Waals surface area contributed by atoms with Gasteiger partial charge in [0, 0.05) is 0 Å². The molecule has 1 atom stereocenters. The number of phenolic OH excluding ortho intramolecular Hbond substituents is 1. The van der Waals surface area contributed by atoms with E-state index in [-0.39, 0.29) is 11.5 Å². The Morgan fingerprint density at radius 3 is 2.59 bits per heavy atom. The third-order valence-corrected chi connectivity index (χ3v) is 2.89. The highest BCUT2D eigenvalue weighted by molar-refractivity contribution is 6.06. The quantitative estimate of drug-likeness (QED) is 0.628. The van der Waals surface area contributed by atoms with Crippen LogP contribution in [-0.4, -0.2) is 10.9 Å². The normalized spacial score (nSPS) is 12.0. The van der Waals surface area contributed by atoms with Crippen molar-refractivity contribution in [2.75, 3.05) is 0 Å². The zero-order chi connectivity index (χ0) is 13.0. The molecule has 0 radical (unpaired) electrons. The van der Waals surface area contributed by atoms with Crippen LogP contribution in [0.3, 0.4) is 0 Å². The van der Waals surface area contributed by atoms with Crippen LogP contribution in [0, 0.1) is 0 Å². The molecule has 2 nitrogen and oxygen atoms in total. The molecule has 2 heteroatoms. The van der Waals surface area contributed by atoms with Crippen molar-refractivity contribution in [3.8, 4) is 5.75 Å². The summed E-state index contributed by atoms with van der Waals surface area (Å²) in [4.78, 5) is 11.9. The van der Waals surface area contributed by atoms with Crippen molar-refractivity contribution < 1.29 is 9.90 Å². The molecule has 0 bridgehead atoms. The summed E-state index contributed by atoms with van der Waals surface area (Å²) in [6.45, 7) is 7.96. The highest BCUT2D eigenvalue weighted by atomic mass is 16.3. The van der Waals surface area contributed by atoms with Crippen molar-refractivity contribution >= 4 is 5.78 Å². The minimum Gasteiger partial charge on any atom is -0.507 e. The smallest absolute Gasteiger partial charge is 0.189 e. The number of ketones is 1. The van der Waals surface area contributed by atoms with E-state index in [1.807, 2.05) is 19.9 Å². The fourth-order valence-corrected chi connectivity index (χ4v) is 1.63. The van der Waals surface area contributed by atoms with E-state index in [1.165, 1.54) is 0 Å². The van der Waals surface area contributed by atoms with Gasteiger partial charge in [-0.15, -0.1) is 0 Å². The standard InChI is InChI=1S/C15H20O2/c1-5-11(4)12-6-7-14(16)13(9-12)15(17)8-10(2)3/h6-9,11,16H,5H2,1-4H3. The van der Waals surface area contributed by atoms with Crippen LogP contribution < -0.4 is 0 Å². The first-order valence-corrected chi connectivity index (χ1v) is 5.97. The molecule has 0 saturated heterocycles. The Morgan fingerprint density at radius 2 is 2.06 bits per heavy atom. The van der Waals surface area contributed by atoms with Gasteiger partial charge in [0.15, 0.2) is 5.78 Å². The van der Waals surface area contributed by atoms with Crippen LogP contribution in [0.4, 0.5) is 0 Å². The second-order valence-corrected chi connectivity index (χ2v) is 4.67. The van der Waals surface area contributed by atoms with Gasteiger partial charge < -0.3 is 5.11 Å². The van der Waals surface area contributed by atoms with Gasteiger partial charge in [0.1, 0.15) is 5.75 Å². The number of carbonyl (C=O) groups excluding carboxylic acids is 1. The van der Waals surface area contributed by atoms with Crippen molar-refractivity contribution in [1.82, 2.24) is 0 Å². The number of hydrogen-bond donors (Lipinski definition) is 1. The van der Waals surface area contributed by atoms with Crippen LogP contribution >= 0.6 is 0 Å². The van der Waals surface area contributed by atoms with Gasteiger partial charge >= 0.3 is 0 Å². The monoisotopic (exact) mass is 232 g/mol. The average molecular weight is 232 g/mol.